The first-order valence-corrected chi connectivity index (χ1v) is 33.5. The van der Waals surface area contributed by atoms with Crippen LogP contribution in [0.25, 0.3) is 111 Å². The number of hydrogen-bond acceptors (Lipinski definition) is 10. The molecule has 0 fully saturated rings. The summed E-state index contributed by atoms with van der Waals surface area (Å²) in [6.07, 6.45) is 2.21. The Hall–Kier alpha value is -8.68. The van der Waals surface area contributed by atoms with Crippen LogP contribution in [0.1, 0.15) is 20.7 Å². The van der Waals surface area contributed by atoms with E-state index in [1.165, 1.54) is 81.0 Å². The number of phenols is 1. The highest BCUT2D eigenvalue weighted by atomic mass is 79.9. The lowest BCUT2D eigenvalue weighted by Crippen LogP contribution is -2.25. The third-order valence-electron chi connectivity index (χ3n) is 14.9. The number of fused-ring (bicyclic) bond motifs is 4. The smallest absolute Gasteiger partial charge is 0.369 e. The standard InChI is InChI=1S/C33H28FN3O5S.C32H26FN3O5S.BBr3/c1-35-33(38)31-25-17-23(20-11-14-29(41-3)24(15-20)27-16-21-7-5-6-8-26(21)36-27)28(37(2)43(4,39)40)18-30(25)42-32(31)19-9-12-22(34)13-10-19;1-34-32(38)30-24-16-22(19-10-13-28(37)23(14-19)26-15-20-6-4-5-7-25(20)35-26)27(36(2)42(3,39)40)17-29(24)41-31(30)18-8-11-21(33)12-9-18;2-1(3)4/h5-18,36H,1-4H3,(H,35,38);4-17,35,37H,1-3H3,(H,34,38);. The Kier molecular flexibility index (Phi) is 18.4. The molecule has 0 saturated heterocycles. The van der Waals surface area contributed by atoms with Crippen molar-refractivity contribution in [1.82, 2.24) is 20.6 Å². The third-order valence-corrected chi connectivity index (χ3v) is 17.2. The zero-order chi connectivity index (χ0) is 63.8. The van der Waals surface area contributed by atoms with Gasteiger partial charge in [-0.05, 0) is 120 Å². The number of para-hydroxylation sites is 2. The van der Waals surface area contributed by atoms with Crippen molar-refractivity contribution in [3.8, 4) is 78.9 Å². The molecule has 0 aliphatic carbocycles. The second-order valence-electron chi connectivity index (χ2n) is 20.4. The Morgan fingerprint density at radius 2 is 0.921 bits per heavy atom. The molecule has 12 rings (SSSR count). The number of phenolic OH excluding ortho intramolecular Hbond substituents is 1. The van der Waals surface area contributed by atoms with E-state index in [1.807, 2.05) is 78.9 Å². The number of anilines is 2. The van der Waals surface area contributed by atoms with Crippen molar-refractivity contribution in [2.24, 2.45) is 0 Å². The molecule has 0 aliphatic heterocycles. The number of sulfonamides is 2. The maximum Gasteiger partial charge on any atom is 0.369 e. The number of aromatic nitrogens is 2. The van der Waals surface area contributed by atoms with Gasteiger partial charge in [-0.2, -0.15) is 0 Å². The van der Waals surface area contributed by atoms with E-state index < -0.39 is 43.5 Å². The molecule has 0 aliphatic rings. The number of nitrogens with zero attached hydrogens (tertiary/aromatic N) is 2. The van der Waals surface area contributed by atoms with Gasteiger partial charge in [0.25, 0.3) is 11.8 Å². The van der Waals surface area contributed by atoms with E-state index in [1.54, 1.807) is 49.6 Å². The van der Waals surface area contributed by atoms with Gasteiger partial charge in [-0.1, -0.05) is 48.5 Å². The molecule has 4 heterocycles. The Balaban J connectivity index is 0.000000185. The number of furan rings is 2. The maximum atomic E-state index is 13.7. The summed E-state index contributed by atoms with van der Waals surface area (Å²) in [7, 11) is 0.0979. The predicted octanol–water partition coefficient (Wildman–Crippen LogP) is 15.5. The number of carbonyl (C=O) groups is 2. The zero-order valence-electron chi connectivity index (χ0n) is 48.5. The monoisotopic (exact) mass is 1430 g/mol. The number of hydrogen-bond donors (Lipinski definition) is 5. The van der Waals surface area contributed by atoms with Crippen LogP contribution < -0.4 is 24.0 Å². The van der Waals surface area contributed by atoms with E-state index in [0.717, 1.165) is 49.9 Å². The highest BCUT2D eigenvalue weighted by Gasteiger charge is 2.29. The fourth-order valence-corrected chi connectivity index (χ4v) is 11.4. The van der Waals surface area contributed by atoms with E-state index in [4.69, 9.17) is 13.6 Å². The number of rotatable bonds is 13. The average molecular weight is 1430 g/mol. The van der Waals surface area contributed by atoms with Gasteiger partial charge in [0, 0.05) is 106 Å². The molecule has 0 bridgehead atoms. The van der Waals surface area contributed by atoms with Crippen molar-refractivity contribution in [1.29, 1.82) is 0 Å². The first-order valence-electron chi connectivity index (χ1n) is 27.0. The number of nitrogens with one attached hydrogen (secondary N) is 4. The van der Waals surface area contributed by atoms with Crippen molar-refractivity contribution in [2.45, 2.75) is 0 Å². The van der Waals surface area contributed by atoms with Crippen LogP contribution in [0.2, 0.25) is 0 Å². The Bertz CT molecular complexity index is 4870. The van der Waals surface area contributed by atoms with Crippen molar-refractivity contribution >= 4 is 137 Å². The molecule has 8 aromatic carbocycles. The topological polar surface area (TPSA) is 220 Å². The summed E-state index contributed by atoms with van der Waals surface area (Å²) in [5.74, 6) is -0.555. The van der Waals surface area contributed by atoms with Gasteiger partial charge < -0.3 is 39.3 Å². The first-order chi connectivity index (χ1) is 42.4. The van der Waals surface area contributed by atoms with Crippen LogP contribution in [-0.2, 0) is 20.0 Å². The highest BCUT2D eigenvalue weighted by Crippen LogP contribution is 2.46. The summed E-state index contributed by atoms with van der Waals surface area (Å²) in [4.78, 5) is 33.1. The molecule has 0 spiro atoms. The minimum atomic E-state index is -3.71. The van der Waals surface area contributed by atoms with E-state index in [0.29, 0.717) is 78.1 Å². The van der Waals surface area contributed by atoms with Crippen LogP contribution in [-0.4, -0.2) is 94.7 Å². The Morgan fingerprint density at radius 1 is 0.539 bits per heavy atom. The Morgan fingerprint density at radius 3 is 1.31 bits per heavy atom. The number of carbonyl (C=O) groups excluding carboxylic acids is 2. The van der Waals surface area contributed by atoms with Crippen LogP contribution in [0.4, 0.5) is 20.2 Å². The number of benzene rings is 8. The highest BCUT2D eigenvalue weighted by molar-refractivity contribution is 9.69. The van der Waals surface area contributed by atoms with Gasteiger partial charge in [0.2, 0.25) is 20.0 Å². The van der Waals surface area contributed by atoms with E-state index in [-0.39, 0.29) is 37.2 Å². The molecule has 89 heavy (non-hydrogen) atoms. The molecule has 0 unspecified atom stereocenters. The lowest BCUT2D eigenvalue weighted by molar-refractivity contribution is 0.0956. The number of H-pyrrole nitrogens is 2. The quantitative estimate of drug-likeness (QED) is 0.0687. The summed E-state index contributed by atoms with van der Waals surface area (Å²) in [6, 6.07) is 48.0. The number of ether oxygens (including phenoxy) is 1. The van der Waals surface area contributed by atoms with Crippen molar-refractivity contribution in [3.63, 3.8) is 0 Å². The maximum absolute atomic E-state index is 13.7. The first kappa shape index (κ1) is 63.3. The van der Waals surface area contributed by atoms with Crippen LogP contribution in [0.3, 0.4) is 0 Å². The lowest BCUT2D eigenvalue weighted by atomic mass is 9.96. The van der Waals surface area contributed by atoms with Gasteiger partial charge in [0.05, 0.1) is 53.5 Å². The second-order valence-corrected chi connectivity index (χ2v) is 30.9. The largest absolute Gasteiger partial charge is 0.507 e. The second kappa shape index (κ2) is 25.8. The minimum Gasteiger partial charge on any atom is -0.507 e. The van der Waals surface area contributed by atoms with Crippen molar-refractivity contribution < 1.29 is 53.9 Å². The normalized spacial score (nSPS) is 11.5. The van der Waals surface area contributed by atoms with Gasteiger partial charge in [-0.3, -0.25) is 18.2 Å². The number of amides is 2. The van der Waals surface area contributed by atoms with E-state index in [2.05, 4.69) is 67.9 Å². The fourth-order valence-electron chi connectivity index (χ4n) is 10.4. The molecule has 24 heteroatoms. The summed E-state index contributed by atoms with van der Waals surface area (Å²) in [5, 5.41) is 19.0. The summed E-state index contributed by atoms with van der Waals surface area (Å²) in [5.41, 5.74) is 9.69. The van der Waals surface area contributed by atoms with E-state index in [9.17, 15) is 40.3 Å². The molecule has 5 N–H and O–H groups in total. The molecule has 0 radical (unpaired) electrons. The molecule has 454 valence electrons. The number of methoxy groups -OCH3 is 1. The summed E-state index contributed by atoms with van der Waals surface area (Å²) < 4.78 is 99.0. The molecular weight excluding hydrogens is 1380 g/mol. The predicted molar refractivity (Wildman–Crippen MR) is 363 cm³/mol. The van der Waals surface area contributed by atoms with Crippen LogP contribution in [0.5, 0.6) is 11.5 Å². The zero-order valence-corrected chi connectivity index (χ0v) is 54.9. The average Bonchev–Trinajstić information content (AvgIpc) is 3.12. The fraction of sp³-hybridized carbons (Fsp3) is 0.108. The molecule has 12 aromatic rings. The van der Waals surface area contributed by atoms with Crippen molar-refractivity contribution in [2.75, 3.05) is 56.4 Å². The molecule has 4 aromatic heterocycles. The van der Waals surface area contributed by atoms with Crippen LogP contribution in [0.15, 0.2) is 179 Å². The number of aromatic amines is 2. The van der Waals surface area contributed by atoms with Gasteiger partial charge in [0.1, 0.15) is 45.8 Å². The number of halogens is 5. The molecule has 0 saturated carbocycles. The third kappa shape index (κ3) is 13.2. The SMILES string of the molecule is BrB(Br)Br.CNC(=O)c1c(-c2ccc(F)cc2)oc2cc(N(C)S(C)(=O)=O)c(-c3ccc(O)c(-c4cc5ccccc5[nH]4)c3)cc12.CNC(=O)c1c(-c2ccc(F)cc2)oc2cc(N(C)S(C)(=O)=O)c(-c3ccc(OC)c(-c4cc5ccccc5[nH]4)c3)cc12. The molecule has 2 amide bonds. The van der Waals surface area contributed by atoms with Gasteiger partial charge in [-0.25, -0.2) is 25.6 Å². The summed E-state index contributed by atoms with van der Waals surface area (Å²) >= 11 is 9.31. The molecule has 0 atom stereocenters. The molecule has 16 nitrogen and oxygen atoms in total. The number of aromatic hydroxyl groups is 1. The van der Waals surface area contributed by atoms with Crippen LogP contribution >= 0.6 is 47.3 Å². The summed E-state index contributed by atoms with van der Waals surface area (Å²) in [6.45, 7) is 0. The minimum absolute atomic E-state index is 0.0392. The Labute approximate surface area is 536 Å². The van der Waals surface area contributed by atoms with E-state index >= 15 is 0 Å². The van der Waals surface area contributed by atoms with Gasteiger partial charge in [0.15, 0.2) is 0 Å². The van der Waals surface area contributed by atoms with Crippen molar-refractivity contribution in [3.05, 3.63) is 193 Å². The lowest BCUT2D eigenvalue weighted by Gasteiger charge is -2.21. The molecular formula is C65H54BBr3F2N6O10S2. The van der Waals surface area contributed by atoms with Gasteiger partial charge >= 0.3 is 3.18 Å². The van der Waals surface area contributed by atoms with Gasteiger partial charge in [-0.15, -0.1) is 47.3 Å². The van der Waals surface area contributed by atoms with Crippen LogP contribution in [0, 0.1) is 11.6 Å².